The van der Waals surface area contributed by atoms with E-state index >= 15 is 0 Å². The summed E-state index contributed by atoms with van der Waals surface area (Å²) in [4.78, 5) is 6.19. The van der Waals surface area contributed by atoms with Crippen LogP contribution >= 0.6 is 15.9 Å². The van der Waals surface area contributed by atoms with Crippen LogP contribution in [0.2, 0.25) is 0 Å². The minimum atomic E-state index is 0.0803. The van der Waals surface area contributed by atoms with Crippen molar-refractivity contribution in [2.24, 2.45) is 5.73 Å². The van der Waals surface area contributed by atoms with Crippen molar-refractivity contribution in [2.75, 3.05) is 18.5 Å². The number of pyridine rings is 1. The Bertz CT molecular complexity index is 598. The number of hydrogen-bond donors (Lipinski definition) is 2. The van der Waals surface area contributed by atoms with Gasteiger partial charge in [0.25, 0.3) is 0 Å². The summed E-state index contributed by atoms with van der Waals surface area (Å²) in [7, 11) is 2.05. The van der Waals surface area contributed by atoms with Crippen molar-refractivity contribution in [1.29, 1.82) is 5.41 Å². The second kappa shape index (κ2) is 6.52. The van der Waals surface area contributed by atoms with E-state index in [1.165, 1.54) is 5.56 Å². The van der Waals surface area contributed by atoms with Gasteiger partial charge in [-0.15, -0.1) is 0 Å². The first kappa shape index (κ1) is 14.5. The van der Waals surface area contributed by atoms with Gasteiger partial charge in [0, 0.05) is 36.0 Å². The molecule has 0 amide bonds. The van der Waals surface area contributed by atoms with E-state index in [4.69, 9.17) is 11.1 Å². The molecule has 0 unspecified atom stereocenters. The number of nitrogens with one attached hydrogen (secondary N) is 1. The van der Waals surface area contributed by atoms with Crippen molar-refractivity contribution in [3.05, 3.63) is 58.3 Å². The second-order valence-corrected chi connectivity index (χ2v) is 5.46. The first-order chi connectivity index (χ1) is 9.58. The van der Waals surface area contributed by atoms with Gasteiger partial charge in [0.05, 0.1) is 5.69 Å². The molecule has 5 heteroatoms. The largest absolute Gasteiger partial charge is 0.384 e. The molecule has 0 fully saturated rings. The number of nitrogen functional groups attached to an aromatic ring is 1. The van der Waals surface area contributed by atoms with Gasteiger partial charge in [-0.2, -0.15) is 0 Å². The average molecular weight is 333 g/mol. The van der Waals surface area contributed by atoms with E-state index in [-0.39, 0.29) is 5.84 Å². The van der Waals surface area contributed by atoms with Gasteiger partial charge < -0.3 is 10.6 Å². The van der Waals surface area contributed by atoms with Crippen LogP contribution in [-0.2, 0) is 6.42 Å². The third-order valence-corrected chi connectivity index (χ3v) is 3.79. The molecule has 4 nitrogen and oxygen atoms in total. The van der Waals surface area contributed by atoms with Gasteiger partial charge in [-0.1, -0.05) is 0 Å². The molecule has 1 aromatic carbocycles. The Morgan fingerprint density at radius 3 is 2.60 bits per heavy atom. The Kier molecular flexibility index (Phi) is 4.74. The maximum atomic E-state index is 7.44. The zero-order valence-corrected chi connectivity index (χ0v) is 12.9. The number of halogens is 1. The number of anilines is 1. The van der Waals surface area contributed by atoms with Crippen molar-refractivity contribution in [3.63, 3.8) is 0 Å². The van der Waals surface area contributed by atoms with E-state index in [1.807, 2.05) is 42.7 Å². The molecule has 2 rings (SSSR count). The summed E-state index contributed by atoms with van der Waals surface area (Å²) in [6.45, 7) is 0.905. The highest BCUT2D eigenvalue weighted by Gasteiger charge is 2.08. The molecule has 2 aromatic rings. The number of likely N-dealkylation sites (N-methyl/N-ethyl adjacent to an activating group) is 1. The lowest BCUT2D eigenvalue weighted by Gasteiger charge is -2.21. The normalized spacial score (nSPS) is 10.3. The molecule has 0 spiro atoms. The van der Waals surface area contributed by atoms with Gasteiger partial charge in [-0.25, -0.2) is 0 Å². The monoisotopic (exact) mass is 332 g/mol. The Balaban J connectivity index is 2.06. The maximum absolute atomic E-state index is 7.44. The van der Waals surface area contributed by atoms with Gasteiger partial charge >= 0.3 is 0 Å². The molecule has 0 bridgehead atoms. The van der Waals surface area contributed by atoms with Crippen LogP contribution in [0.5, 0.6) is 0 Å². The summed E-state index contributed by atoms with van der Waals surface area (Å²) < 4.78 is 0.947. The van der Waals surface area contributed by atoms with Crippen LogP contribution in [0, 0.1) is 5.41 Å². The molecule has 0 aliphatic rings. The molecule has 1 aromatic heterocycles. The molecular weight excluding hydrogens is 316 g/mol. The SMILES string of the molecule is CN(CCc1ccncc1)c1ccc(C(=N)N)cc1Br. The fraction of sp³-hybridized carbons (Fsp3) is 0.200. The predicted octanol–water partition coefficient (Wildman–Crippen LogP) is 2.81. The predicted molar refractivity (Wildman–Crippen MR) is 86.4 cm³/mol. The highest BCUT2D eigenvalue weighted by Crippen LogP contribution is 2.26. The van der Waals surface area contributed by atoms with Gasteiger partial charge in [0.2, 0.25) is 0 Å². The standard InChI is InChI=1S/C15H17BrN4/c1-20(9-6-11-4-7-19-8-5-11)14-3-2-12(15(17)18)10-13(14)16/h2-5,7-8,10H,6,9H2,1H3,(H3,17,18). The summed E-state index contributed by atoms with van der Waals surface area (Å²) >= 11 is 3.54. The summed E-state index contributed by atoms with van der Waals surface area (Å²) in [6, 6.07) is 9.78. The van der Waals surface area contributed by atoms with E-state index in [9.17, 15) is 0 Å². The first-order valence-electron chi connectivity index (χ1n) is 6.32. The molecule has 0 radical (unpaired) electrons. The van der Waals surface area contributed by atoms with Crippen molar-refractivity contribution in [3.8, 4) is 0 Å². The van der Waals surface area contributed by atoms with Gasteiger partial charge in [0.1, 0.15) is 5.84 Å². The van der Waals surface area contributed by atoms with Crippen LogP contribution < -0.4 is 10.6 Å². The summed E-state index contributed by atoms with van der Waals surface area (Å²) in [5, 5.41) is 7.44. The third kappa shape index (κ3) is 3.57. The maximum Gasteiger partial charge on any atom is 0.122 e. The van der Waals surface area contributed by atoms with Crippen molar-refractivity contribution < 1.29 is 0 Å². The number of nitrogens with two attached hydrogens (primary N) is 1. The zero-order chi connectivity index (χ0) is 14.5. The average Bonchev–Trinajstić information content (AvgIpc) is 2.45. The van der Waals surface area contributed by atoms with E-state index in [0.29, 0.717) is 0 Å². The van der Waals surface area contributed by atoms with E-state index in [1.54, 1.807) is 0 Å². The summed E-state index contributed by atoms with van der Waals surface area (Å²) in [5.41, 5.74) is 8.57. The highest BCUT2D eigenvalue weighted by molar-refractivity contribution is 9.10. The fourth-order valence-corrected chi connectivity index (χ4v) is 2.63. The summed E-state index contributed by atoms with van der Waals surface area (Å²) in [5.74, 6) is 0.0803. The summed E-state index contributed by atoms with van der Waals surface area (Å²) in [6.07, 6.45) is 4.58. The lowest BCUT2D eigenvalue weighted by atomic mass is 10.1. The number of benzene rings is 1. The smallest absolute Gasteiger partial charge is 0.122 e. The highest BCUT2D eigenvalue weighted by atomic mass is 79.9. The van der Waals surface area contributed by atoms with Crippen molar-refractivity contribution >= 4 is 27.5 Å². The van der Waals surface area contributed by atoms with E-state index < -0.39 is 0 Å². The van der Waals surface area contributed by atoms with Crippen LogP contribution in [0.3, 0.4) is 0 Å². The van der Waals surface area contributed by atoms with Crippen LogP contribution in [0.25, 0.3) is 0 Å². The number of aromatic nitrogens is 1. The Hall–Kier alpha value is -1.88. The molecule has 0 saturated heterocycles. The minimum Gasteiger partial charge on any atom is -0.384 e. The first-order valence-corrected chi connectivity index (χ1v) is 7.11. The lowest BCUT2D eigenvalue weighted by Crippen LogP contribution is -2.21. The van der Waals surface area contributed by atoms with Crippen LogP contribution in [0.15, 0.2) is 47.2 Å². The van der Waals surface area contributed by atoms with Crippen molar-refractivity contribution in [2.45, 2.75) is 6.42 Å². The third-order valence-electron chi connectivity index (χ3n) is 3.16. The Labute approximate surface area is 127 Å². The number of rotatable bonds is 5. The van der Waals surface area contributed by atoms with Crippen LogP contribution in [0.4, 0.5) is 5.69 Å². The second-order valence-electron chi connectivity index (χ2n) is 4.61. The van der Waals surface area contributed by atoms with E-state index in [0.717, 1.165) is 28.7 Å². The quantitative estimate of drug-likeness (QED) is 0.653. The molecule has 20 heavy (non-hydrogen) atoms. The molecule has 0 atom stereocenters. The molecule has 3 N–H and O–H groups in total. The van der Waals surface area contributed by atoms with Gasteiger partial charge in [0.15, 0.2) is 0 Å². The Morgan fingerprint density at radius 1 is 1.30 bits per heavy atom. The number of nitrogens with zero attached hydrogens (tertiary/aromatic N) is 2. The van der Waals surface area contributed by atoms with Crippen molar-refractivity contribution in [1.82, 2.24) is 4.98 Å². The zero-order valence-electron chi connectivity index (χ0n) is 11.3. The van der Waals surface area contributed by atoms with Crippen LogP contribution in [0.1, 0.15) is 11.1 Å². The van der Waals surface area contributed by atoms with Gasteiger partial charge in [-0.3, -0.25) is 10.4 Å². The van der Waals surface area contributed by atoms with Crippen LogP contribution in [-0.4, -0.2) is 24.4 Å². The molecule has 0 aliphatic carbocycles. The Morgan fingerprint density at radius 2 is 2.00 bits per heavy atom. The molecule has 0 saturated carbocycles. The minimum absolute atomic E-state index is 0.0803. The van der Waals surface area contributed by atoms with E-state index in [2.05, 4.69) is 32.9 Å². The lowest BCUT2D eigenvalue weighted by molar-refractivity contribution is 0.873. The van der Waals surface area contributed by atoms with Gasteiger partial charge in [-0.05, 0) is 58.2 Å². The fourth-order valence-electron chi connectivity index (χ4n) is 1.95. The topological polar surface area (TPSA) is 66.0 Å². The molecule has 0 aliphatic heterocycles. The molecular formula is C15H17BrN4. The number of hydrogen-bond acceptors (Lipinski definition) is 3. The molecule has 1 heterocycles. The molecule has 104 valence electrons. The number of amidine groups is 1.